The summed E-state index contributed by atoms with van der Waals surface area (Å²) in [4.78, 5) is 20.1. The van der Waals surface area contributed by atoms with Gasteiger partial charge in [-0.05, 0) is 45.8 Å². The zero-order chi connectivity index (χ0) is 28.3. The van der Waals surface area contributed by atoms with E-state index in [1.165, 1.54) is 16.2 Å². The predicted octanol–water partition coefficient (Wildman–Crippen LogP) is 9.63. The molecule has 9 aromatic rings. The van der Waals surface area contributed by atoms with E-state index in [1.54, 1.807) is 0 Å². The number of furan rings is 1. The molecule has 43 heavy (non-hydrogen) atoms. The lowest BCUT2D eigenvalue weighted by molar-refractivity contribution is 0.669. The average molecular weight is 551 g/mol. The van der Waals surface area contributed by atoms with Crippen LogP contribution in [0.25, 0.3) is 88.7 Å². The lowest BCUT2D eigenvalue weighted by atomic mass is 10.00. The SMILES string of the molecule is c1ccc(-c2nc(-c3ccc4ccc5ccccc5c4c3)nc(-c3cccc4oc5cc6ccccc6nc5c34)n2)cc1. The lowest BCUT2D eigenvalue weighted by Gasteiger charge is -2.10. The van der Waals surface area contributed by atoms with Crippen LogP contribution >= 0.6 is 0 Å². The van der Waals surface area contributed by atoms with Crippen LogP contribution in [-0.4, -0.2) is 19.9 Å². The van der Waals surface area contributed by atoms with Gasteiger partial charge < -0.3 is 4.42 Å². The van der Waals surface area contributed by atoms with Crippen molar-refractivity contribution in [2.75, 3.05) is 0 Å². The van der Waals surface area contributed by atoms with E-state index in [0.29, 0.717) is 17.5 Å². The zero-order valence-electron chi connectivity index (χ0n) is 22.9. The molecular weight excluding hydrogens is 528 g/mol. The molecule has 0 aliphatic rings. The van der Waals surface area contributed by atoms with Crippen molar-refractivity contribution in [3.63, 3.8) is 0 Å². The Morgan fingerprint density at radius 3 is 2.00 bits per heavy atom. The van der Waals surface area contributed by atoms with Crippen LogP contribution in [-0.2, 0) is 0 Å². The smallest absolute Gasteiger partial charge is 0.164 e. The number of fused-ring (bicyclic) bond motifs is 7. The van der Waals surface area contributed by atoms with Gasteiger partial charge in [0, 0.05) is 22.1 Å². The molecular formula is C38H22N4O. The molecule has 9 rings (SSSR count). The molecule has 0 atom stereocenters. The molecule has 0 amide bonds. The lowest BCUT2D eigenvalue weighted by Crippen LogP contribution is -2.00. The van der Waals surface area contributed by atoms with Gasteiger partial charge in [-0.15, -0.1) is 0 Å². The highest BCUT2D eigenvalue weighted by molar-refractivity contribution is 6.12. The molecule has 0 bridgehead atoms. The molecule has 3 aromatic heterocycles. The molecule has 0 saturated carbocycles. The van der Waals surface area contributed by atoms with Gasteiger partial charge in [0.25, 0.3) is 0 Å². The number of pyridine rings is 1. The molecule has 5 heteroatoms. The van der Waals surface area contributed by atoms with Gasteiger partial charge in [-0.2, -0.15) is 0 Å². The van der Waals surface area contributed by atoms with E-state index in [0.717, 1.165) is 55.0 Å². The normalized spacial score (nSPS) is 11.7. The van der Waals surface area contributed by atoms with Gasteiger partial charge in [0.1, 0.15) is 11.1 Å². The predicted molar refractivity (Wildman–Crippen MR) is 174 cm³/mol. The van der Waals surface area contributed by atoms with Crippen molar-refractivity contribution in [2.24, 2.45) is 0 Å². The number of nitrogens with zero attached hydrogens (tertiary/aromatic N) is 4. The van der Waals surface area contributed by atoms with E-state index >= 15 is 0 Å². The van der Waals surface area contributed by atoms with Crippen LogP contribution in [0.15, 0.2) is 138 Å². The van der Waals surface area contributed by atoms with Crippen molar-refractivity contribution in [1.82, 2.24) is 19.9 Å². The molecule has 0 radical (unpaired) electrons. The van der Waals surface area contributed by atoms with Crippen LogP contribution in [0.5, 0.6) is 0 Å². The van der Waals surface area contributed by atoms with Crippen molar-refractivity contribution in [1.29, 1.82) is 0 Å². The van der Waals surface area contributed by atoms with Crippen molar-refractivity contribution < 1.29 is 4.42 Å². The number of para-hydroxylation sites is 1. The van der Waals surface area contributed by atoms with Gasteiger partial charge in [-0.1, -0.05) is 109 Å². The second-order valence-corrected chi connectivity index (χ2v) is 10.7. The van der Waals surface area contributed by atoms with Crippen LogP contribution in [0.4, 0.5) is 0 Å². The molecule has 0 spiro atoms. The van der Waals surface area contributed by atoms with E-state index in [2.05, 4.69) is 60.7 Å². The summed E-state index contributed by atoms with van der Waals surface area (Å²) in [7, 11) is 0. The first-order valence-electron chi connectivity index (χ1n) is 14.2. The second-order valence-electron chi connectivity index (χ2n) is 10.7. The summed E-state index contributed by atoms with van der Waals surface area (Å²) < 4.78 is 6.31. The fraction of sp³-hybridized carbons (Fsp3) is 0. The summed E-state index contributed by atoms with van der Waals surface area (Å²) in [5.74, 6) is 1.80. The number of hydrogen-bond acceptors (Lipinski definition) is 5. The van der Waals surface area contributed by atoms with Gasteiger partial charge in [-0.25, -0.2) is 19.9 Å². The van der Waals surface area contributed by atoms with Crippen molar-refractivity contribution in [2.45, 2.75) is 0 Å². The number of benzene rings is 6. The molecule has 0 saturated heterocycles. The Labute approximate surface area is 246 Å². The van der Waals surface area contributed by atoms with E-state index < -0.39 is 0 Å². The average Bonchev–Trinajstić information content (AvgIpc) is 3.44. The minimum absolute atomic E-state index is 0.574. The molecule has 0 unspecified atom stereocenters. The maximum absolute atomic E-state index is 6.31. The van der Waals surface area contributed by atoms with Crippen molar-refractivity contribution >= 4 is 54.5 Å². The van der Waals surface area contributed by atoms with Gasteiger partial charge >= 0.3 is 0 Å². The Morgan fingerprint density at radius 2 is 1.12 bits per heavy atom. The fourth-order valence-electron chi connectivity index (χ4n) is 6.00. The van der Waals surface area contributed by atoms with E-state index in [1.807, 2.05) is 72.8 Å². The Kier molecular flexibility index (Phi) is 5.13. The molecule has 0 N–H and O–H groups in total. The molecule has 0 fully saturated rings. The van der Waals surface area contributed by atoms with E-state index in [4.69, 9.17) is 24.4 Å². The second kappa shape index (κ2) is 9.29. The first kappa shape index (κ1) is 23.7. The Balaban J connectivity index is 1.32. The third-order valence-corrected chi connectivity index (χ3v) is 8.09. The number of rotatable bonds is 3. The van der Waals surface area contributed by atoms with Crippen LogP contribution in [0, 0.1) is 0 Å². The van der Waals surface area contributed by atoms with E-state index in [-0.39, 0.29) is 0 Å². The summed E-state index contributed by atoms with van der Waals surface area (Å²) >= 11 is 0. The minimum atomic E-state index is 0.574. The van der Waals surface area contributed by atoms with Gasteiger partial charge in [0.05, 0.1) is 10.9 Å². The monoisotopic (exact) mass is 550 g/mol. The Morgan fingerprint density at radius 1 is 0.419 bits per heavy atom. The van der Waals surface area contributed by atoms with Crippen molar-refractivity contribution in [3.05, 3.63) is 133 Å². The third kappa shape index (κ3) is 3.86. The van der Waals surface area contributed by atoms with Gasteiger partial charge in [0.2, 0.25) is 0 Å². The Hall–Kier alpha value is -5.94. The molecule has 200 valence electrons. The quantitative estimate of drug-likeness (QED) is 0.205. The maximum Gasteiger partial charge on any atom is 0.164 e. The molecule has 0 aliphatic carbocycles. The number of hydrogen-bond donors (Lipinski definition) is 0. The van der Waals surface area contributed by atoms with E-state index in [9.17, 15) is 0 Å². The molecule has 6 aromatic carbocycles. The summed E-state index contributed by atoms with van der Waals surface area (Å²) in [6, 6.07) is 45.4. The first-order chi connectivity index (χ1) is 21.3. The largest absolute Gasteiger partial charge is 0.454 e. The molecule has 5 nitrogen and oxygen atoms in total. The van der Waals surface area contributed by atoms with Gasteiger partial charge in [0.15, 0.2) is 23.1 Å². The molecule has 3 heterocycles. The van der Waals surface area contributed by atoms with Crippen LogP contribution in [0.3, 0.4) is 0 Å². The standard InChI is InChI=1S/C38H22N4O/c1-2-10-25(11-3-1)36-40-37(27-20-19-24-18-17-23-9-4-6-13-28(23)30(24)21-27)42-38(41-36)29-14-8-16-32-34(29)35-33(43-32)22-26-12-5-7-15-31(26)39-35/h1-22H. The highest BCUT2D eigenvalue weighted by Crippen LogP contribution is 2.37. The highest BCUT2D eigenvalue weighted by Gasteiger charge is 2.19. The maximum atomic E-state index is 6.31. The highest BCUT2D eigenvalue weighted by atomic mass is 16.3. The zero-order valence-corrected chi connectivity index (χ0v) is 22.9. The summed E-state index contributed by atoms with van der Waals surface area (Å²) in [5, 5.41) is 6.67. The Bertz CT molecular complexity index is 2520. The fourth-order valence-corrected chi connectivity index (χ4v) is 6.00. The van der Waals surface area contributed by atoms with Crippen LogP contribution < -0.4 is 0 Å². The van der Waals surface area contributed by atoms with Crippen LogP contribution in [0.1, 0.15) is 0 Å². The number of aromatic nitrogens is 4. The first-order valence-corrected chi connectivity index (χ1v) is 14.2. The van der Waals surface area contributed by atoms with Crippen molar-refractivity contribution in [3.8, 4) is 34.2 Å². The van der Waals surface area contributed by atoms with Crippen LogP contribution in [0.2, 0.25) is 0 Å². The summed E-state index contributed by atoms with van der Waals surface area (Å²) in [5.41, 5.74) is 5.90. The minimum Gasteiger partial charge on any atom is -0.454 e. The topological polar surface area (TPSA) is 64.7 Å². The third-order valence-electron chi connectivity index (χ3n) is 8.09. The molecule has 0 aliphatic heterocycles. The summed E-state index contributed by atoms with van der Waals surface area (Å²) in [6.07, 6.45) is 0. The van der Waals surface area contributed by atoms with Gasteiger partial charge in [-0.3, -0.25) is 0 Å². The summed E-state index contributed by atoms with van der Waals surface area (Å²) in [6.45, 7) is 0.